The molecule has 12 nitrogen and oxygen atoms in total. The number of nitrogens with zero attached hydrogens (tertiary/aromatic N) is 4. The number of amides is 3. The van der Waals surface area contributed by atoms with Crippen molar-refractivity contribution in [3.05, 3.63) is 144 Å². The van der Waals surface area contributed by atoms with Crippen LogP contribution in [0.25, 0.3) is 32.8 Å². The van der Waals surface area contributed by atoms with Crippen LogP contribution in [-0.2, 0) is 23.9 Å². The first-order valence-corrected chi connectivity index (χ1v) is 23.6. The number of hydrogen-bond donors (Lipinski definition) is 2. The molecule has 0 unspecified atom stereocenters. The molecule has 0 aliphatic carbocycles. The Kier molecular flexibility index (Phi) is 13.6. The van der Waals surface area contributed by atoms with Gasteiger partial charge in [-0.25, -0.2) is 14.8 Å². The number of alkyl carbamates (subject to hydrolysis) is 1. The SMILES string of the molecule is CC(C)(C)OC(=O)C[C@@H](C(=O)N1CCC[C@H]1c1ncc(-c2ccc(-c3ccc(-c4cnc([C@@H]5CCCN5C(=O)[C@H](NC(=O)OC(C)(C)C)c5ccccc5)[nH]4)cc3)cc2)s1)c1ccccc1. The van der Waals surface area contributed by atoms with Crippen molar-refractivity contribution in [2.24, 2.45) is 0 Å². The number of ether oxygens (including phenoxy) is 2. The Morgan fingerprint density at radius 1 is 0.667 bits per heavy atom. The van der Waals surface area contributed by atoms with Crippen molar-refractivity contribution in [2.75, 3.05) is 13.1 Å². The van der Waals surface area contributed by atoms with Gasteiger partial charge < -0.3 is 29.6 Å². The van der Waals surface area contributed by atoms with Crippen LogP contribution >= 0.6 is 11.3 Å². The van der Waals surface area contributed by atoms with Gasteiger partial charge in [-0.3, -0.25) is 14.4 Å². The number of nitrogens with one attached hydrogen (secondary N) is 2. The van der Waals surface area contributed by atoms with Crippen molar-refractivity contribution in [1.82, 2.24) is 30.1 Å². The summed E-state index contributed by atoms with van der Waals surface area (Å²) in [5.74, 6) is -0.623. The average Bonchev–Trinajstić information content (AvgIpc) is 4.14. The molecule has 2 aliphatic rings. The quantitative estimate of drug-likeness (QED) is 0.115. The molecule has 13 heteroatoms. The third-order valence-corrected chi connectivity index (χ3v) is 13.0. The van der Waals surface area contributed by atoms with E-state index >= 15 is 0 Å². The number of thiazole rings is 1. The highest BCUT2D eigenvalue weighted by Crippen LogP contribution is 2.40. The van der Waals surface area contributed by atoms with Crippen LogP contribution in [0, 0.1) is 0 Å². The van der Waals surface area contributed by atoms with Crippen molar-refractivity contribution < 1.29 is 28.7 Å². The predicted octanol–water partition coefficient (Wildman–Crippen LogP) is 11.0. The molecule has 0 spiro atoms. The molecule has 2 N–H and O–H groups in total. The summed E-state index contributed by atoms with van der Waals surface area (Å²) in [5, 5.41) is 3.71. The lowest BCUT2D eigenvalue weighted by Gasteiger charge is -2.29. The van der Waals surface area contributed by atoms with Crippen LogP contribution in [0.1, 0.15) is 120 Å². The van der Waals surface area contributed by atoms with E-state index in [0.717, 1.165) is 69.1 Å². The number of carbonyl (C=O) groups excluding carboxylic acids is 4. The zero-order chi connectivity index (χ0) is 46.6. The molecule has 342 valence electrons. The first-order valence-electron chi connectivity index (χ1n) is 22.7. The first kappa shape index (κ1) is 45.9. The topological polar surface area (TPSA) is 147 Å². The third-order valence-electron chi connectivity index (χ3n) is 11.8. The van der Waals surface area contributed by atoms with Gasteiger partial charge in [0.1, 0.15) is 28.1 Å². The monoisotopic (exact) mass is 906 g/mol. The predicted molar refractivity (Wildman–Crippen MR) is 256 cm³/mol. The van der Waals surface area contributed by atoms with Gasteiger partial charge in [0.05, 0.1) is 41.2 Å². The summed E-state index contributed by atoms with van der Waals surface area (Å²) in [7, 11) is 0. The lowest BCUT2D eigenvalue weighted by atomic mass is 9.93. The minimum atomic E-state index is -0.907. The molecule has 4 atom stereocenters. The second-order valence-electron chi connectivity index (χ2n) is 19.0. The van der Waals surface area contributed by atoms with E-state index in [9.17, 15) is 19.2 Å². The zero-order valence-corrected chi connectivity index (χ0v) is 39.3. The highest BCUT2D eigenvalue weighted by atomic mass is 32.1. The summed E-state index contributed by atoms with van der Waals surface area (Å²) in [5.41, 5.74) is 5.12. The Balaban J connectivity index is 0.922. The first-order chi connectivity index (χ1) is 31.6. The highest BCUT2D eigenvalue weighted by molar-refractivity contribution is 7.15. The maximum absolute atomic E-state index is 14.3. The highest BCUT2D eigenvalue weighted by Gasteiger charge is 2.39. The van der Waals surface area contributed by atoms with Crippen LogP contribution in [0.3, 0.4) is 0 Å². The fourth-order valence-electron chi connectivity index (χ4n) is 8.81. The number of likely N-dealkylation sites (tertiary alicyclic amines) is 2. The Bertz CT molecular complexity index is 2450. The fraction of sp³-hybridized carbons (Fsp3) is 0.358. The second kappa shape index (κ2) is 19.5. The maximum Gasteiger partial charge on any atom is 0.408 e. The summed E-state index contributed by atoms with van der Waals surface area (Å²) < 4.78 is 11.2. The number of hydrogen-bond acceptors (Lipinski definition) is 9. The summed E-state index contributed by atoms with van der Waals surface area (Å²) >= 11 is 1.60. The minimum Gasteiger partial charge on any atom is -0.460 e. The molecule has 4 heterocycles. The molecule has 0 bridgehead atoms. The zero-order valence-electron chi connectivity index (χ0n) is 38.5. The Morgan fingerprint density at radius 2 is 1.21 bits per heavy atom. The van der Waals surface area contributed by atoms with E-state index in [4.69, 9.17) is 19.4 Å². The summed E-state index contributed by atoms with van der Waals surface area (Å²) in [4.78, 5) is 72.1. The molecular formula is C53H58N6O6S. The van der Waals surface area contributed by atoms with Crippen LogP contribution in [0.4, 0.5) is 4.79 Å². The van der Waals surface area contributed by atoms with E-state index in [2.05, 4.69) is 58.8 Å². The van der Waals surface area contributed by atoms with E-state index in [1.807, 2.05) is 98.7 Å². The lowest BCUT2D eigenvalue weighted by Crippen LogP contribution is -2.44. The molecule has 3 amide bonds. The number of rotatable bonds is 12. The van der Waals surface area contributed by atoms with E-state index in [0.29, 0.717) is 24.5 Å². The average molecular weight is 907 g/mol. The van der Waals surface area contributed by atoms with E-state index < -0.39 is 35.2 Å². The largest absolute Gasteiger partial charge is 0.460 e. The Hall–Kier alpha value is -6.60. The van der Waals surface area contributed by atoms with Crippen LogP contribution in [0.15, 0.2) is 122 Å². The second-order valence-corrected chi connectivity index (χ2v) is 20.1. The molecule has 8 rings (SSSR count). The van der Waals surface area contributed by atoms with Crippen molar-refractivity contribution in [3.8, 4) is 32.8 Å². The normalized spacial score (nSPS) is 17.3. The molecular weight excluding hydrogens is 849 g/mol. The Morgan fingerprint density at radius 3 is 1.82 bits per heavy atom. The summed E-state index contributed by atoms with van der Waals surface area (Å²) in [6.07, 6.45) is 6.26. The van der Waals surface area contributed by atoms with Gasteiger partial charge in [-0.2, -0.15) is 0 Å². The number of aromatic nitrogens is 3. The molecule has 0 radical (unpaired) electrons. The van der Waals surface area contributed by atoms with Gasteiger partial charge in [0.15, 0.2) is 0 Å². The smallest absolute Gasteiger partial charge is 0.408 e. The van der Waals surface area contributed by atoms with Gasteiger partial charge >= 0.3 is 12.1 Å². The van der Waals surface area contributed by atoms with Gasteiger partial charge in [0.2, 0.25) is 5.91 Å². The molecule has 66 heavy (non-hydrogen) atoms. The summed E-state index contributed by atoms with van der Waals surface area (Å²) in [6.45, 7) is 12.0. The van der Waals surface area contributed by atoms with Crippen LogP contribution < -0.4 is 5.32 Å². The molecule has 2 saturated heterocycles. The molecule has 2 fully saturated rings. The standard InChI is InChI=1S/C53H58N6O6S/c1-52(2,3)64-45(60)31-40(36-15-9-7-10-16-36)49(61)59-30-14-20-43(59)48-55-33-44(66-48)38-27-23-35(24-28-38)34-21-25-37(26-22-34)41-32-54-47(56-41)42-19-13-29-58(42)50(62)46(39-17-11-8-12-18-39)57-51(63)65-53(4,5)6/h7-12,15-18,21-28,32-33,40,42-43,46H,13-14,19-20,29-31H2,1-6H3,(H,54,56)(H,57,63)/t40-,42+,43+,46-/m1/s1. The number of aromatic amines is 1. The molecule has 6 aromatic rings. The van der Waals surface area contributed by atoms with Crippen molar-refractivity contribution >= 4 is 35.2 Å². The van der Waals surface area contributed by atoms with Gasteiger partial charge in [-0.1, -0.05) is 109 Å². The van der Waals surface area contributed by atoms with E-state index in [-0.39, 0.29) is 30.3 Å². The fourth-order valence-corrected chi connectivity index (χ4v) is 9.88. The van der Waals surface area contributed by atoms with Gasteiger partial charge in [-0.05, 0) is 101 Å². The van der Waals surface area contributed by atoms with Gasteiger partial charge in [0.25, 0.3) is 5.91 Å². The van der Waals surface area contributed by atoms with Crippen LogP contribution in [0.5, 0.6) is 0 Å². The minimum absolute atomic E-state index is 0.0243. The van der Waals surface area contributed by atoms with Crippen molar-refractivity contribution in [2.45, 2.75) is 109 Å². The molecule has 4 aromatic carbocycles. The lowest BCUT2D eigenvalue weighted by molar-refractivity contribution is -0.157. The molecule has 2 aromatic heterocycles. The number of H-pyrrole nitrogens is 1. The number of carbonyl (C=O) groups is 4. The van der Waals surface area contributed by atoms with E-state index in [1.54, 1.807) is 37.0 Å². The van der Waals surface area contributed by atoms with Crippen molar-refractivity contribution in [1.29, 1.82) is 0 Å². The van der Waals surface area contributed by atoms with E-state index in [1.165, 1.54) is 0 Å². The summed E-state index contributed by atoms with van der Waals surface area (Å²) in [6, 6.07) is 34.1. The van der Waals surface area contributed by atoms with Crippen molar-refractivity contribution in [3.63, 3.8) is 0 Å². The third kappa shape index (κ3) is 10.9. The molecule has 2 aliphatic heterocycles. The maximum atomic E-state index is 14.3. The number of esters is 1. The van der Waals surface area contributed by atoms with Crippen LogP contribution in [-0.4, -0.2) is 72.9 Å². The Labute approximate surface area is 390 Å². The number of benzene rings is 4. The van der Waals surface area contributed by atoms with Crippen LogP contribution in [0.2, 0.25) is 0 Å². The molecule has 0 saturated carbocycles. The number of imidazole rings is 1. The van der Waals surface area contributed by atoms with Gasteiger partial charge in [-0.15, -0.1) is 11.3 Å². The van der Waals surface area contributed by atoms with Gasteiger partial charge in [0, 0.05) is 19.3 Å².